The van der Waals surface area contributed by atoms with Gasteiger partial charge in [-0.1, -0.05) is 18.2 Å². The molecule has 1 saturated heterocycles. The Morgan fingerprint density at radius 2 is 2.03 bits per heavy atom. The van der Waals surface area contributed by atoms with Crippen molar-refractivity contribution >= 4 is 12.2 Å². The summed E-state index contributed by atoms with van der Waals surface area (Å²) in [6.45, 7) is 15.6. The Hall–Kier alpha value is -1.92. The summed E-state index contributed by atoms with van der Waals surface area (Å²) in [6, 6.07) is -0.00143. The summed E-state index contributed by atoms with van der Waals surface area (Å²) in [7, 11) is 4.09. The first-order chi connectivity index (χ1) is 13.6. The molecule has 0 bridgehead atoms. The number of nitrogens with one attached hydrogen (secondary N) is 1. The molecule has 1 N–H and O–H groups in total. The van der Waals surface area contributed by atoms with Crippen LogP contribution in [0.1, 0.15) is 47.5 Å². The average molecular weight is 408 g/mol. The number of amides is 1. The molecule has 6 heteroatoms. The van der Waals surface area contributed by atoms with Crippen molar-refractivity contribution in [2.75, 3.05) is 33.9 Å². The Bertz CT molecular complexity index is 564. The van der Waals surface area contributed by atoms with Gasteiger partial charge in [0, 0.05) is 30.9 Å². The molecule has 0 aromatic rings. The van der Waals surface area contributed by atoms with Gasteiger partial charge in [0.1, 0.15) is 12.3 Å². The molecule has 1 fully saturated rings. The summed E-state index contributed by atoms with van der Waals surface area (Å²) in [5.41, 5.74) is 0.797. The van der Waals surface area contributed by atoms with Gasteiger partial charge in [0.25, 0.3) is 0 Å². The minimum Gasteiger partial charge on any atom is -0.378 e. The van der Waals surface area contributed by atoms with Gasteiger partial charge in [-0.3, -0.25) is 9.69 Å². The van der Waals surface area contributed by atoms with E-state index in [2.05, 4.69) is 34.8 Å². The number of likely N-dealkylation sites (N-methyl/N-ethyl adjacent to an activating group) is 2. The highest BCUT2D eigenvalue weighted by atomic mass is 16.5. The highest BCUT2D eigenvalue weighted by Crippen LogP contribution is 2.18. The fourth-order valence-corrected chi connectivity index (χ4v) is 2.88. The van der Waals surface area contributed by atoms with Crippen molar-refractivity contribution in [1.82, 2.24) is 15.1 Å². The van der Waals surface area contributed by atoms with Crippen molar-refractivity contribution in [2.45, 2.75) is 65.1 Å². The van der Waals surface area contributed by atoms with Crippen molar-refractivity contribution in [1.29, 1.82) is 0 Å². The van der Waals surface area contributed by atoms with Gasteiger partial charge in [-0.25, -0.2) is 0 Å². The van der Waals surface area contributed by atoms with Crippen molar-refractivity contribution < 1.29 is 14.3 Å². The molecule has 1 aliphatic rings. The monoisotopic (exact) mass is 407 g/mol. The topological polar surface area (TPSA) is 61.9 Å². The van der Waals surface area contributed by atoms with Gasteiger partial charge >= 0.3 is 0 Å². The second-order valence-electron chi connectivity index (χ2n) is 8.31. The molecule has 0 radical (unpaired) electrons. The Labute approximate surface area is 177 Å². The minimum absolute atomic E-state index is 0.0572. The number of ether oxygens (including phenoxy) is 1. The van der Waals surface area contributed by atoms with E-state index in [-0.39, 0.29) is 23.5 Å². The van der Waals surface area contributed by atoms with Crippen LogP contribution in [0.25, 0.3) is 0 Å². The molecule has 29 heavy (non-hydrogen) atoms. The molecule has 0 aromatic carbocycles. The van der Waals surface area contributed by atoms with Crippen LogP contribution in [0.5, 0.6) is 0 Å². The summed E-state index contributed by atoms with van der Waals surface area (Å²) in [4.78, 5) is 26.2. The molecule has 1 rings (SSSR count). The van der Waals surface area contributed by atoms with E-state index < -0.39 is 0 Å². The van der Waals surface area contributed by atoms with E-state index in [0.29, 0.717) is 6.61 Å². The lowest BCUT2D eigenvalue weighted by atomic mass is 10.0. The maximum Gasteiger partial charge on any atom is 0.243 e. The van der Waals surface area contributed by atoms with Crippen LogP contribution in [-0.2, 0) is 14.3 Å². The van der Waals surface area contributed by atoms with Gasteiger partial charge in [0.2, 0.25) is 5.91 Å². The fraction of sp³-hybridized carbons (Fsp3) is 0.652. The van der Waals surface area contributed by atoms with Crippen molar-refractivity contribution in [3.63, 3.8) is 0 Å². The molecule has 0 saturated carbocycles. The quantitative estimate of drug-likeness (QED) is 0.380. The largest absolute Gasteiger partial charge is 0.378 e. The Balaban J connectivity index is 0.00000245. The van der Waals surface area contributed by atoms with Crippen molar-refractivity contribution in [2.24, 2.45) is 0 Å². The third-order valence-corrected chi connectivity index (χ3v) is 4.62. The van der Waals surface area contributed by atoms with Crippen LogP contribution in [0.4, 0.5) is 0 Å². The lowest BCUT2D eigenvalue weighted by molar-refractivity contribution is -0.128. The number of hydrogen-bond acceptors (Lipinski definition) is 5. The number of allylic oxidation sites excluding steroid dienone is 5. The molecule has 1 amide bonds. The van der Waals surface area contributed by atoms with E-state index in [0.717, 1.165) is 38.0 Å². The maximum atomic E-state index is 13.0. The number of hydrogen-bond donors (Lipinski definition) is 1. The van der Waals surface area contributed by atoms with Crippen LogP contribution >= 0.6 is 0 Å². The highest BCUT2D eigenvalue weighted by molar-refractivity contribution is 5.82. The molecular weight excluding hydrogens is 366 g/mol. The molecule has 2 atom stereocenters. The van der Waals surface area contributed by atoms with E-state index in [9.17, 15) is 4.79 Å². The van der Waals surface area contributed by atoms with Crippen LogP contribution in [0.2, 0.25) is 0 Å². The smallest absolute Gasteiger partial charge is 0.243 e. The number of carbonyl (C=O) groups excluding carboxylic acids is 2. The molecule has 0 aliphatic carbocycles. The number of nitrogens with zero attached hydrogens (tertiary/aromatic N) is 2. The molecule has 0 spiro atoms. The Morgan fingerprint density at radius 1 is 1.41 bits per heavy atom. The number of rotatable bonds is 8. The van der Waals surface area contributed by atoms with E-state index in [4.69, 9.17) is 9.53 Å². The molecule has 166 valence electrons. The van der Waals surface area contributed by atoms with E-state index >= 15 is 0 Å². The standard InChI is InChI=1S/C21H37N3O2.C2H4O/c1-8-9-10-11-12-17(2)24(7)19(20(25)22-21(3,4)5)15-18-16-26-14-13-23(18)6;1-2-3/h8,10-12,18-19H,1,9,13-16H2,2-7H3,(H,22,25);2H,1H3/b11-10?,17-12+;. The summed E-state index contributed by atoms with van der Waals surface area (Å²) in [6.07, 6.45) is 10.3. The normalized spacial score (nSPS) is 19.1. The summed E-state index contributed by atoms with van der Waals surface area (Å²) in [5, 5.41) is 3.14. The Kier molecular flexibility index (Phi) is 13.2. The molecule has 1 aliphatic heterocycles. The average Bonchev–Trinajstić information content (AvgIpc) is 2.63. The first kappa shape index (κ1) is 27.1. The first-order valence-corrected chi connectivity index (χ1v) is 10.2. The number of carbonyl (C=O) groups is 2. The summed E-state index contributed by atoms with van der Waals surface area (Å²) >= 11 is 0. The second-order valence-corrected chi connectivity index (χ2v) is 8.31. The number of aldehydes is 1. The molecule has 6 nitrogen and oxygen atoms in total. The third kappa shape index (κ3) is 11.6. The predicted octanol–water partition coefficient (Wildman–Crippen LogP) is 3.16. The van der Waals surface area contributed by atoms with Crippen LogP contribution in [-0.4, -0.2) is 73.5 Å². The van der Waals surface area contributed by atoms with Crippen LogP contribution in [0.15, 0.2) is 36.6 Å². The molecule has 2 unspecified atom stereocenters. The first-order valence-electron chi connectivity index (χ1n) is 10.2. The lowest BCUT2D eigenvalue weighted by Gasteiger charge is -2.38. The SMILES string of the molecule is C=CCC=C/C=C(\C)N(C)C(CC1COCCN1C)C(=O)NC(C)(C)C.CC=O. The predicted molar refractivity (Wildman–Crippen MR) is 121 cm³/mol. The minimum atomic E-state index is -0.257. The summed E-state index contributed by atoms with van der Waals surface area (Å²) < 4.78 is 5.64. The van der Waals surface area contributed by atoms with E-state index in [1.54, 1.807) is 0 Å². The van der Waals surface area contributed by atoms with Gasteiger partial charge in [0.15, 0.2) is 0 Å². The maximum absolute atomic E-state index is 13.0. The van der Waals surface area contributed by atoms with Crippen molar-refractivity contribution in [3.8, 4) is 0 Å². The van der Waals surface area contributed by atoms with Gasteiger partial charge < -0.3 is 19.7 Å². The van der Waals surface area contributed by atoms with Crippen molar-refractivity contribution in [3.05, 3.63) is 36.6 Å². The van der Waals surface area contributed by atoms with Crippen LogP contribution in [0, 0.1) is 0 Å². The zero-order chi connectivity index (χ0) is 22.4. The van der Waals surface area contributed by atoms with Crippen LogP contribution in [0.3, 0.4) is 0 Å². The Morgan fingerprint density at radius 3 is 2.55 bits per heavy atom. The van der Waals surface area contributed by atoms with Gasteiger partial charge in [-0.15, -0.1) is 6.58 Å². The molecular formula is C23H41N3O3. The zero-order valence-electron chi connectivity index (χ0n) is 19.4. The lowest BCUT2D eigenvalue weighted by Crippen LogP contribution is -2.54. The van der Waals surface area contributed by atoms with E-state index in [1.165, 1.54) is 6.92 Å². The molecule has 1 heterocycles. The van der Waals surface area contributed by atoms with Gasteiger partial charge in [0.05, 0.1) is 13.2 Å². The second kappa shape index (κ2) is 14.1. The van der Waals surface area contributed by atoms with Crippen LogP contribution < -0.4 is 5.32 Å². The molecule has 0 aromatic heterocycles. The zero-order valence-corrected chi connectivity index (χ0v) is 19.4. The van der Waals surface area contributed by atoms with Gasteiger partial charge in [-0.2, -0.15) is 0 Å². The fourth-order valence-electron chi connectivity index (χ4n) is 2.88. The number of morpholine rings is 1. The highest BCUT2D eigenvalue weighted by Gasteiger charge is 2.31. The van der Waals surface area contributed by atoms with Gasteiger partial charge in [-0.05, 0) is 60.6 Å². The summed E-state index contributed by atoms with van der Waals surface area (Å²) in [5.74, 6) is 0.0572. The third-order valence-electron chi connectivity index (χ3n) is 4.62. The van der Waals surface area contributed by atoms with E-state index in [1.807, 2.05) is 53.0 Å².